The fraction of sp³-hybridized carbons (Fsp3) is 0.647. The molecule has 2 bridgehead atoms. The van der Waals surface area contributed by atoms with Gasteiger partial charge in [0.25, 0.3) is 5.91 Å². The Morgan fingerprint density at radius 2 is 2.10 bits per heavy atom. The molecule has 0 spiro atoms. The summed E-state index contributed by atoms with van der Waals surface area (Å²) in [6.07, 6.45) is 8.67. The summed E-state index contributed by atoms with van der Waals surface area (Å²) in [5, 5.41) is 6.58. The van der Waals surface area contributed by atoms with Crippen LogP contribution in [-0.4, -0.2) is 23.5 Å². The van der Waals surface area contributed by atoms with Gasteiger partial charge in [-0.2, -0.15) is 0 Å². The number of carbonyl (C=O) groups is 1. The zero-order valence-corrected chi connectivity index (χ0v) is 12.5. The van der Waals surface area contributed by atoms with E-state index in [1.165, 1.54) is 19.3 Å². The second-order valence-corrected chi connectivity index (χ2v) is 6.84. The maximum Gasteiger partial charge on any atom is 0.253 e. The third-order valence-electron chi connectivity index (χ3n) is 5.66. The zero-order chi connectivity index (χ0) is 14.4. The third kappa shape index (κ3) is 2.12. The lowest BCUT2D eigenvalue weighted by Crippen LogP contribution is -2.30. The number of anilines is 1. The van der Waals surface area contributed by atoms with E-state index in [2.05, 4.69) is 22.5 Å². The molecule has 1 aromatic heterocycles. The van der Waals surface area contributed by atoms with Crippen LogP contribution in [-0.2, 0) is 0 Å². The van der Waals surface area contributed by atoms with E-state index in [4.69, 9.17) is 0 Å². The predicted octanol–water partition coefficient (Wildman–Crippen LogP) is 2.68. The van der Waals surface area contributed by atoms with Gasteiger partial charge in [0.1, 0.15) is 0 Å². The number of hydrogen-bond acceptors (Lipinski definition) is 3. The molecule has 4 atom stereocenters. The predicted molar refractivity (Wildman–Crippen MR) is 82.1 cm³/mol. The highest BCUT2D eigenvalue weighted by molar-refractivity contribution is 5.99. The van der Waals surface area contributed by atoms with Crippen LogP contribution in [0.25, 0.3) is 0 Å². The Hall–Kier alpha value is -1.58. The second kappa shape index (κ2) is 5.00. The van der Waals surface area contributed by atoms with Gasteiger partial charge in [-0.15, -0.1) is 0 Å². The van der Waals surface area contributed by atoms with E-state index in [9.17, 15) is 4.79 Å². The number of fused-ring (bicyclic) bond motifs is 5. The van der Waals surface area contributed by atoms with E-state index >= 15 is 0 Å². The van der Waals surface area contributed by atoms with E-state index in [0.29, 0.717) is 6.04 Å². The molecule has 4 heteroatoms. The molecular formula is C17H23N3O. The summed E-state index contributed by atoms with van der Waals surface area (Å²) >= 11 is 0. The number of aromatic nitrogens is 1. The highest BCUT2D eigenvalue weighted by Gasteiger charge is 2.65. The van der Waals surface area contributed by atoms with Crippen LogP contribution in [0.1, 0.15) is 43.0 Å². The molecule has 0 radical (unpaired) electrons. The second-order valence-electron chi connectivity index (χ2n) is 6.84. The van der Waals surface area contributed by atoms with Crippen LogP contribution in [0.3, 0.4) is 0 Å². The summed E-state index contributed by atoms with van der Waals surface area (Å²) in [7, 11) is 0. The van der Waals surface area contributed by atoms with E-state index < -0.39 is 0 Å². The summed E-state index contributed by atoms with van der Waals surface area (Å²) in [5.41, 5.74) is 1.58. The summed E-state index contributed by atoms with van der Waals surface area (Å²) in [6, 6.07) is 2.26. The first-order valence-corrected chi connectivity index (χ1v) is 8.28. The molecule has 3 aliphatic rings. The third-order valence-corrected chi connectivity index (χ3v) is 5.66. The van der Waals surface area contributed by atoms with Crippen LogP contribution < -0.4 is 10.6 Å². The van der Waals surface area contributed by atoms with Gasteiger partial charge in [-0.05, 0) is 55.4 Å². The average Bonchev–Trinajstić information content (AvgIpc) is 2.90. The van der Waals surface area contributed by atoms with Crippen LogP contribution in [0.2, 0.25) is 0 Å². The average molecular weight is 285 g/mol. The van der Waals surface area contributed by atoms with Crippen molar-refractivity contribution in [2.24, 2.45) is 23.7 Å². The van der Waals surface area contributed by atoms with Crippen LogP contribution in [0.5, 0.6) is 0 Å². The Morgan fingerprint density at radius 3 is 2.81 bits per heavy atom. The lowest BCUT2D eigenvalue weighted by molar-refractivity contribution is 0.0945. The first-order valence-electron chi connectivity index (χ1n) is 8.28. The van der Waals surface area contributed by atoms with Crippen LogP contribution in [0.4, 0.5) is 5.69 Å². The van der Waals surface area contributed by atoms with Crippen LogP contribution in [0, 0.1) is 23.7 Å². The van der Waals surface area contributed by atoms with Crippen molar-refractivity contribution >= 4 is 11.6 Å². The van der Waals surface area contributed by atoms with Gasteiger partial charge in [-0.1, -0.05) is 6.92 Å². The number of nitrogens with one attached hydrogen (secondary N) is 2. The molecule has 4 rings (SSSR count). The molecule has 4 nitrogen and oxygen atoms in total. The molecule has 21 heavy (non-hydrogen) atoms. The highest BCUT2D eigenvalue weighted by Crippen LogP contribution is 2.65. The monoisotopic (exact) mass is 285 g/mol. The summed E-state index contributed by atoms with van der Waals surface area (Å²) in [6.45, 7) is 2.98. The molecular weight excluding hydrogens is 262 g/mol. The maximum atomic E-state index is 12.6. The number of pyridine rings is 1. The van der Waals surface area contributed by atoms with Crippen molar-refractivity contribution in [1.29, 1.82) is 0 Å². The van der Waals surface area contributed by atoms with Gasteiger partial charge in [0.05, 0.1) is 17.4 Å². The van der Waals surface area contributed by atoms with E-state index in [0.717, 1.165) is 47.9 Å². The standard InChI is InChI=1S/C17H23N3O/c1-2-6-19-13-9-18-7-5-12(13)17(21)20-16-14-10-3-4-11(8-10)15(14)16/h5,7,9-11,14-16,19H,2-4,6,8H2,1H3,(H,20,21). The molecule has 1 aromatic rings. The molecule has 112 valence electrons. The van der Waals surface area contributed by atoms with Crippen molar-refractivity contribution in [2.75, 3.05) is 11.9 Å². The molecule has 0 saturated heterocycles. The molecule has 3 saturated carbocycles. The fourth-order valence-corrected chi connectivity index (χ4v) is 4.74. The Labute approximate surface area is 125 Å². The molecule has 0 aliphatic heterocycles. The number of hydrogen-bond donors (Lipinski definition) is 2. The van der Waals surface area contributed by atoms with Gasteiger partial charge in [-0.25, -0.2) is 0 Å². The van der Waals surface area contributed by atoms with Crippen LogP contribution in [0.15, 0.2) is 18.5 Å². The summed E-state index contributed by atoms with van der Waals surface area (Å²) in [5.74, 6) is 3.40. The fourth-order valence-electron chi connectivity index (χ4n) is 4.74. The first kappa shape index (κ1) is 13.1. The summed E-state index contributed by atoms with van der Waals surface area (Å²) in [4.78, 5) is 16.7. The van der Waals surface area contributed by atoms with Crippen molar-refractivity contribution in [3.8, 4) is 0 Å². The molecule has 3 fully saturated rings. The van der Waals surface area contributed by atoms with Gasteiger partial charge in [0.15, 0.2) is 0 Å². The van der Waals surface area contributed by atoms with E-state index in [1.807, 2.05) is 6.07 Å². The molecule has 3 aliphatic carbocycles. The Morgan fingerprint density at radius 1 is 1.33 bits per heavy atom. The van der Waals surface area contributed by atoms with Gasteiger partial charge in [0, 0.05) is 18.8 Å². The first-order chi connectivity index (χ1) is 10.3. The SMILES string of the molecule is CCCNc1cnccc1C(=O)NC1C2C3CCC(C3)C12. The molecule has 4 unspecified atom stereocenters. The normalized spacial score (nSPS) is 35.4. The number of rotatable bonds is 5. The van der Waals surface area contributed by atoms with Crippen molar-refractivity contribution < 1.29 is 4.79 Å². The quantitative estimate of drug-likeness (QED) is 0.874. The van der Waals surface area contributed by atoms with Crippen molar-refractivity contribution in [3.05, 3.63) is 24.0 Å². The van der Waals surface area contributed by atoms with E-state index in [1.54, 1.807) is 12.4 Å². The van der Waals surface area contributed by atoms with Crippen molar-refractivity contribution in [1.82, 2.24) is 10.3 Å². The lowest BCUT2D eigenvalue weighted by Gasteiger charge is -2.13. The molecule has 0 aromatic carbocycles. The minimum absolute atomic E-state index is 0.0646. The summed E-state index contributed by atoms with van der Waals surface area (Å²) < 4.78 is 0. The molecule has 1 heterocycles. The molecule has 1 amide bonds. The molecule has 2 N–H and O–H groups in total. The minimum Gasteiger partial charge on any atom is -0.383 e. The Bertz CT molecular complexity index is 543. The number of amides is 1. The largest absolute Gasteiger partial charge is 0.383 e. The van der Waals surface area contributed by atoms with Gasteiger partial charge in [-0.3, -0.25) is 9.78 Å². The Balaban J connectivity index is 1.44. The zero-order valence-electron chi connectivity index (χ0n) is 12.5. The Kier molecular flexibility index (Phi) is 3.12. The highest BCUT2D eigenvalue weighted by atomic mass is 16.1. The number of nitrogens with zero attached hydrogens (tertiary/aromatic N) is 1. The van der Waals surface area contributed by atoms with Crippen molar-refractivity contribution in [3.63, 3.8) is 0 Å². The number of carbonyl (C=O) groups excluding carboxylic acids is 1. The van der Waals surface area contributed by atoms with E-state index in [-0.39, 0.29) is 5.91 Å². The topological polar surface area (TPSA) is 54.0 Å². The van der Waals surface area contributed by atoms with Gasteiger partial charge >= 0.3 is 0 Å². The van der Waals surface area contributed by atoms with Gasteiger partial charge in [0.2, 0.25) is 0 Å². The van der Waals surface area contributed by atoms with Crippen molar-refractivity contribution in [2.45, 2.75) is 38.6 Å². The van der Waals surface area contributed by atoms with Crippen LogP contribution >= 0.6 is 0 Å². The maximum absolute atomic E-state index is 12.6. The lowest BCUT2D eigenvalue weighted by atomic mass is 10.0. The smallest absolute Gasteiger partial charge is 0.253 e. The van der Waals surface area contributed by atoms with Gasteiger partial charge < -0.3 is 10.6 Å². The minimum atomic E-state index is 0.0646.